The highest BCUT2D eigenvalue weighted by Gasteiger charge is 2.05. The van der Waals surface area contributed by atoms with E-state index in [1.54, 1.807) is 13.2 Å². The van der Waals surface area contributed by atoms with Crippen LogP contribution in [0.2, 0.25) is 0 Å². The van der Waals surface area contributed by atoms with Crippen LogP contribution in [0.1, 0.15) is 17.3 Å². The van der Waals surface area contributed by atoms with Gasteiger partial charge in [-0.1, -0.05) is 18.2 Å². The summed E-state index contributed by atoms with van der Waals surface area (Å²) in [5, 5.41) is 0. The second-order valence-corrected chi connectivity index (χ2v) is 4.03. The highest BCUT2D eigenvalue weighted by Crippen LogP contribution is 2.27. The summed E-state index contributed by atoms with van der Waals surface area (Å²) in [6.45, 7) is 2.60. The van der Waals surface area contributed by atoms with E-state index in [0.717, 1.165) is 23.2 Å². The van der Waals surface area contributed by atoms with Gasteiger partial charge in [0.05, 0.1) is 19.3 Å². The summed E-state index contributed by atoms with van der Waals surface area (Å²) in [4.78, 5) is 11.0. The fourth-order valence-corrected chi connectivity index (χ4v) is 1.92. The second-order valence-electron chi connectivity index (χ2n) is 4.03. The highest BCUT2D eigenvalue weighted by atomic mass is 16.5. The van der Waals surface area contributed by atoms with Crippen LogP contribution < -0.4 is 9.47 Å². The minimum atomic E-state index is 0.550. The standard InChI is InChI=1S/C16H16O3/c1-3-19-15-7-4-12(5-8-15)13-6-9-16(18-2)14(10-13)11-17/h4-11H,3H2,1-2H3. The molecule has 98 valence electrons. The van der Waals surface area contributed by atoms with E-state index in [4.69, 9.17) is 9.47 Å². The first-order chi connectivity index (χ1) is 9.28. The summed E-state index contributed by atoms with van der Waals surface area (Å²) in [5.41, 5.74) is 2.56. The average molecular weight is 256 g/mol. The SMILES string of the molecule is CCOc1ccc(-c2ccc(OC)c(C=O)c2)cc1. The van der Waals surface area contributed by atoms with Gasteiger partial charge in [0.25, 0.3) is 0 Å². The molecule has 0 amide bonds. The molecule has 2 rings (SSSR count). The van der Waals surface area contributed by atoms with Gasteiger partial charge in [-0.2, -0.15) is 0 Å². The molecule has 0 radical (unpaired) electrons. The lowest BCUT2D eigenvalue weighted by atomic mass is 10.0. The molecule has 0 bridgehead atoms. The molecule has 19 heavy (non-hydrogen) atoms. The van der Waals surface area contributed by atoms with E-state index in [2.05, 4.69) is 0 Å². The van der Waals surface area contributed by atoms with Crippen LogP contribution in [-0.4, -0.2) is 20.0 Å². The summed E-state index contributed by atoms with van der Waals surface area (Å²) in [7, 11) is 1.55. The van der Waals surface area contributed by atoms with E-state index in [1.807, 2.05) is 43.3 Å². The third-order valence-electron chi connectivity index (χ3n) is 2.86. The first kappa shape index (κ1) is 13.1. The largest absolute Gasteiger partial charge is 0.496 e. The molecule has 3 nitrogen and oxygen atoms in total. The molecule has 0 saturated carbocycles. The number of carbonyl (C=O) groups excluding carboxylic acids is 1. The molecule has 0 aliphatic carbocycles. The molecular formula is C16H16O3. The fourth-order valence-electron chi connectivity index (χ4n) is 1.92. The van der Waals surface area contributed by atoms with Crippen molar-refractivity contribution >= 4 is 6.29 Å². The maximum atomic E-state index is 11.0. The molecule has 0 fully saturated rings. The van der Waals surface area contributed by atoms with Gasteiger partial charge in [-0.25, -0.2) is 0 Å². The van der Waals surface area contributed by atoms with Crippen LogP contribution in [0.4, 0.5) is 0 Å². The average Bonchev–Trinajstić information content (AvgIpc) is 2.47. The Morgan fingerprint density at radius 2 is 1.74 bits per heavy atom. The molecule has 0 saturated heterocycles. The Kier molecular flexibility index (Phi) is 4.18. The Bertz CT molecular complexity index is 559. The Morgan fingerprint density at radius 3 is 2.32 bits per heavy atom. The van der Waals surface area contributed by atoms with Crippen LogP contribution in [0.5, 0.6) is 11.5 Å². The zero-order valence-electron chi connectivity index (χ0n) is 11.1. The number of methoxy groups -OCH3 is 1. The van der Waals surface area contributed by atoms with E-state index < -0.39 is 0 Å². The van der Waals surface area contributed by atoms with Crippen molar-refractivity contribution in [2.45, 2.75) is 6.92 Å². The number of rotatable bonds is 5. The van der Waals surface area contributed by atoms with Crippen molar-refractivity contribution in [3.05, 3.63) is 48.0 Å². The molecule has 0 aromatic heterocycles. The van der Waals surface area contributed by atoms with E-state index in [0.29, 0.717) is 17.9 Å². The van der Waals surface area contributed by atoms with Gasteiger partial charge in [-0.3, -0.25) is 4.79 Å². The third-order valence-corrected chi connectivity index (χ3v) is 2.86. The molecule has 0 atom stereocenters. The smallest absolute Gasteiger partial charge is 0.153 e. The summed E-state index contributed by atoms with van der Waals surface area (Å²) in [5.74, 6) is 1.43. The lowest BCUT2D eigenvalue weighted by Crippen LogP contribution is -1.92. The topological polar surface area (TPSA) is 35.5 Å². The van der Waals surface area contributed by atoms with E-state index >= 15 is 0 Å². The van der Waals surface area contributed by atoms with Crippen molar-refractivity contribution in [2.24, 2.45) is 0 Å². The van der Waals surface area contributed by atoms with E-state index in [9.17, 15) is 4.79 Å². The number of carbonyl (C=O) groups is 1. The van der Waals surface area contributed by atoms with Crippen molar-refractivity contribution in [3.8, 4) is 22.6 Å². The second kappa shape index (κ2) is 6.05. The van der Waals surface area contributed by atoms with Crippen molar-refractivity contribution in [2.75, 3.05) is 13.7 Å². The normalized spacial score (nSPS) is 10.0. The van der Waals surface area contributed by atoms with E-state index in [1.165, 1.54) is 0 Å². The Balaban J connectivity index is 2.33. The third kappa shape index (κ3) is 2.94. The Hall–Kier alpha value is -2.29. The van der Waals surface area contributed by atoms with Crippen LogP contribution in [-0.2, 0) is 0 Å². The summed E-state index contributed by atoms with van der Waals surface area (Å²) >= 11 is 0. The monoisotopic (exact) mass is 256 g/mol. The Morgan fingerprint density at radius 1 is 1.05 bits per heavy atom. The minimum absolute atomic E-state index is 0.550. The number of hydrogen-bond acceptors (Lipinski definition) is 3. The zero-order chi connectivity index (χ0) is 13.7. The molecule has 2 aromatic carbocycles. The van der Waals surface area contributed by atoms with Crippen LogP contribution in [0.15, 0.2) is 42.5 Å². The number of aldehydes is 1. The highest BCUT2D eigenvalue weighted by molar-refractivity contribution is 5.83. The van der Waals surface area contributed by atoms with Crippen LogP contribution in [0.3, 0.4) is 0 Å². The molecule has 0 spiro atoms. The molecule has 3 heteroatoms. The number of benzene rings is 2. The van der Waals surface area contributed by atoms with Crippen LogP contribution >= 0.6 is 0 Å². The number of ether oxygens (including phenoxy) is 2. The molecule has 0 aliphatic rings. The van der Waals surface area contributed by atoms with Crippen LogP contribution in [0, 0.1) is 0 Å². The summed E-state index contributed by atoms with van der Waals surface area (Å²) < 4.78 is 10.5. The lowest BCUT2D eigenvalue weighted by molar-refractivity contribution is 0.112. The lowest BCUT2D eigenvalue weighted by Gasteiger charge is -2.08. The molecule has 0 heterocycles. The van der Waals surface area contributed by atoms with Crippen LogP contribution in [0.25, 0.3) is 11.1 Å². The van der Waals surface area contributed by atoms with Gasteiger partial charge in [0.15, 0.2) is 6.29 Å². The molecule has 0 N–H and O–H groups in total. The minimum Gasteiger partial charge on any atom is -0.496 e. The van der Waals surface area contributed by atoms with Crippen molar-refractivity contribution in [3.63, 3.8) is 0 Å². The predicted octanol–water partition coefficient (Wildman–Crippen LogP) is 3.57. The van der Waals surface area contributed by atoms with Gasteiger partial charge in [0, 0.05) is 0 Å². The maximum absolute atomic E-state index is 11.0. The first-order valence-electron chi connectivity index (χ1n) is 6.15. The summed E-state index contributed by atoms with van der Waals surface area (Å²) in [6, 6.07) is 13.3. The first-order valence-corrected chi connectivity index (χ1v) is 6.15. The molecule has 0 aliphatic heterocycles. The molecule has 2 aromatic rings. The molecular weight excluding hydrogens is 240 g/mol. The van der Waals surface area contributed by atoms with Crippen molar-refractivity contribution < 1.29 is 14.3 Å². The van der Waals surface area contributed by atoms with Crippen molar-refractivity contribution in [1.82, 2.24) is 0 Å². The van der Waals surface area contributed by atoms with Gasteiger partial charge in [0.1, 0.15) is 11.5 Å². The summed E-state index contributed by atoms with van der Waals surface area (Å²) in [6.07, 6.45) is 0.802. The maximum Gasteiger partial charge on any atom is 0.153 e. The Labute approximate surface area is 112 Å². The number of hydrogen-bond donors (Lipinski definition) is 0. The quantitative estimate of drug-likeness (QED) is 0.767. The predicted molar refractivity (Wildman–Crippen MR) is 75.0 cm³/mol. The fraction of sp³-hybridized carbons (Fsp3) is 0.188. The van der Waals surface area contributed by atoms with E-state index in [-0.39, 0.29) is 0 Å². The zero-order valence-corrected chi connectivity index (χ0v) is 11.1. The van der Waals surface area contributed by atoms with Gasteiger partial charge in [-0.15, -0.1) is 0 Å². The van der Waals surface area contributed by atoms with Crippen molar-refractivity contribution in [1.29, 1.82) is 0 Å². The van der Waals surface area contributed by atoms with Gasteiger partial charge < -0.3 is 9.47 Å². The van der Waals surface area contributed by atoms with Gasteiger partial charge in [-0.05, 0) is 42.3 Å². The van der Waals surface area contributed by atoms with Gasteiger partial charge in [0.2, 0.25) is 0 Å². The van der Waals surface area contributed by atoms with Gasteiger partial charge >= 0.3 is 0 Å². The molecule has 0 unspecified atom stereocenters.